The largest absolute Gasteiger partial charge is 0.378 e. The van der Waals surface area contributed by atoms with Crippen molar-refractivity contribution in [3.63, 3.8) is 0 Å². The van der Waals surface area contributed by atoms with E-state index in [1.54, 1.807) is 0 Å². The average molecular weight is 573 g/mol. The summed E-state index contributed by atoms with van der Waals surface area (Å²) in [7, 11) is 0. The van der Waals surface area contributed by atoms with Gasteiger partial charge in [0.25, 0.3) is 0 Å². The maximum atomic E-state index is 6.67. The Morgan fingerprint density at radius 1 is 0.825 bits per heavy atom. The number of fused-ring (bicyclic) bond motifs is 1. The minimum atomic E-state index is -0.210. The van der Waals surface area contributed by atoms with Crippen LogP contribution in [0.15, 0.2) is 84.9 Å². The van der Waals surface area contributed by atoms with Crippen LogP contribution in [0.3, 0.4) is 0 Å². The number of ether oxygens (including phenoxy) is 1. The molecule has 0 atom stereocenters. The molecule has 6 nitrogen and oxygen atoms in total. The number of pyridine rings is 1. The Morgan fingerprint density at radius 2 is 1.60 bits per heavy atom. The summed E-state index contributed by atoms with van der Waals surface area (Å²) < 4.78 is 7.65. The summed E-state index contributed by atoms with van der Waals surface area (Å²) in [4.78, 5) is 12.5. The molecule has 2 fully saturated rings. The molecule has 1 saturated heterocycles. The number of hydrogen-bond acceptors (Lipinski definition) is 5. The number of halogens is 2. The van der Waals surface area contributed by atoms with Gasteiger partial charge in [0.2, 0.25) is 0 Å². The highest BCUT2D eigenvalue weighted by Gasteiger charge is 2.34. The number of imidazole rings is 1. The Balaban J connectivity index is 0.00000289. The van der Waals surface area contributed by atoms with E-state index in [1.807, 2.05) is 36.4 Å². The fourth-order valence-corrected chi connectivity index (χ4v) is 5.88. The number of morpholine rings is 1. The molecule has 2 N–H and O–H groups in total. The van der Waals surface area contributed by atoms with Crippen molar-refractivity contribution in [2.45, 2.75) is 24.8 Å². The van der Waals surface area contributed by atoms with Crippen LogP contribution in [0, 0.1) is 0 Å². The first kappa shape index (κ1) is 26.8. The fourth-order valence-electron chi connectivity index (χ4n) is 5.66. The van der Waals surface area contributed by atoms with Crippen molar-refractivity contribution in [2.75, 3.05) is 31.2 Å². The summed E-state index contributed by atoms with van der Waals surface area (Å²) in [5.41, 5.74) is 14.2. The van der Waals surface area contributed by atoms with Crippen molar-refractivity contribution < 1.29 is 4.74 Å². The minimum absolute atomic E-state index is 0. The highest BCUT2D eigenvalue weighted by atomic mass is 35.5. The standard InChI is InChI=1S/C32H30ClN5O.ClH/c33-27-8-2-1-7-26(27)30-36-29-14-13-28(22-5-3-6-25(21-22)37-17-19-39-20-18-37)35-31(29)38(30)24-11-9-23(10-12-24)32(34)15-4-16-32;/h1-3,5-14,21H,4,15-20,34H2;1H. The Morgan fingerprint density at radius 3 is 2.33 bits per heavy atom. The van der Waals surface area contributed by atoms with Gasteiger partial charge in [-0.05, 0) is 73.4 Å². The maximum Gasteiger partial charge on any atom is 0.165 e. The summed E-state index contributed by atoms with van der Waals surface area (Å²) in [5.74, 6) is 0.765. The van der Waals surface area contributed by atoms with Crippen LogP contribution in [-0.2, 0) is 10.3 Å². The average Bonchev–Trinajstić information content (AvgIpc) is 3.35. The molecule has 1 aliphatic carbocycles. The maximum absolute atomic E-state index is 6.67. The molecule has 0 unspecified atom stereocenters. The molecular formula is C32H31Cl2N5O. The highest BCUT2D eigenvalue weighted by Crippen LogP contribution is 2.39. The van der Waals surface area contributed by atoms with Gasteiger partial charge in [-0.1, -0.05) is 48.0 Å². The first-order chi connectivity index (χ1) is 19.1. The SMILES string of the molecule is Cl.NC1(c2ccc(-n3c(-c4ccccc4Cl)nc4ccc(-c5cccc(N6CCOCC6)c5)nc43)cc2)CCC1. The Kier molecular flexibility index (Phi) is 7.27. The number of nitrogens with zero attached hydrogens (tertiary/aromatic N) is 4. The third-order valence-electron chi connectivity index (χ3n) is 8.08. The van der Waals surface area contributed by atoms with Gasteiger partial charge in [0, 0.05) is 41.1 Å². The van der Waals surface area contributed by atoms with Crippen LogP contribution in [0.2, 0.25) is 5.02 Å². The van der Waals surface area contributed by atoms with Crippen LogP contribution in [-0.4, -0.2) is 40.8 Å². The second-order valence-corrected chi connectivity index (χ2v) is 10.9. The van der Waals surface area contributed by atoms with Crippen LogP contribution >= 0.6 is 24.0 Å². The van der Waals surface area contributed by atoms with Gasteiger partial charge < -0.3 is 15.4 Å². The van der Waals surface area contributed by atoms with Crippen LogP contribution in [0.25, 0.3) is 39.5 Å². The molecule has 40 heavy (non-hydrogen) atoms. The van der Waals surface area contributed by atoms with E-state index in [0.717, 1.165) is 78.6 Å². The molecule has 0 amide bonds. The molecule has 1 saturated carbocycles. The molecule has 204 valence electrons. The summed E-state index contributed by atoms with van der Waals surface area (Å²) in [6.45, 7) is 3.29. The van der Waals surface area contributed by atoms with Gasteiger partial charge in [0.15, 0.2) is 5.65 Å². The lowest BCUT2D eigenvalue weighted by Crippen LogP contribution is -2.43. The minimum Gasteiger partial charge on any atom is -0.378 e. The number of rotatable bonds is 5. The van der Waals surface area contributed by atoms with Gasteiger partial charge >= 0.3 is 0 Å². The molecule has 3 heterocycles. The number of hydrogen-bond donors (Lipinski definition) is 1. The van der Waals surface area contributed by atoms with Crippen LogP contribution in [0.1, 0.15) is 24.8 Å². The fraction of sp³-hybridized carbons (Fsp3) is 0.250. The van der Waals surface area contributed by atoms with E-state index < -0.39 is 0 Å². The van der Waals surface area contributed by atoms with E-state index in [4.69, 9.17) is 32.0 Å². The third-order valence-corrected chi connectivity index (χ3v) is 8.41. The molecular weight excluding hydrogens is 541 g/mol. The normalized spacial score (nSPS) is 16.4. The molecule has 8 heteroatoms. The van der Waals surface area contributed by atoms with E-state index in [0.29, 0.717) is 5.02 Å². The predicted octanol–water partition coefficient (Wildman–Crippen LogP) is 7.00. The molecule has 2 aromatic heterocycles. The van der Waals surface area contributed by atoms with Gasteiger partial charge in [-0.15, -0.1) is 12.4 Å². The molecule has 7 rings (SSSR count). The summed E-state index contributed by atoms with van der Waals surface area (Å²) in [5, 5.41) is 0.652. The van der Waals surface area contributed by atoms with Crippen LogP contribution < -0.4 is 10.6 Å². The molecule has 0 bridgehead atoms. The van der Waals surface area contributed by atoms with Crippen molar-refractivity contribution in [1.29, 1.82) is 0 Å². The van der Waals surface area contributed by atoms with Gasteiger partial charge in [-0.2, -0.15) is 0 Å². The monoisotopic (exact) mass is 571 g/mol. The van der Waals surface area contributed by atoms with E-state index in [1.165, 1.54) is 17.7 Å². The molecule has 0 radical (unpaired) electrons. The Bertz CT molecular complexity index is 1660. The molecule has 1 aliphatic heterocycles. The van der Waals surface area contributed by atoms with Crippen molar-refractivity contribution in [3.05, 3.63) is 95.5 Å². The number of benzene rings is 3. The quantitative estimate of drug-likeness (QED) is 0.246. The van der Waals surface area contributed by atoms with Crippen LogP contribution in [0.5, 0.6) is 0 Å². The zero-order valence-corrected chi connectivity index (χ0v) is 23.7. The summed E-state index contributed by atoms with van der Waals surface area (Å²) in [6, 6.07) is 29.0. The van der Waals surface area contributed by atoms with Gasteiger partial charge in [-0.3, -0.25) is 4.57 Å². The molecule has 5 aromatic rings. The lowest BCUT2D eigenvalue weighted by atomic mass is 9.73. The summed E-state index contributed by atoms with van der Waals surface area (Å²) in [6.07, 6.45) is 3.24. The predicted molar refractivity (Wildman–Crippen MR) is 165 cm³/mol. The summed E-state index contributed by atoms with van der Waals surface area (Å²) >= 11 is 6.67. The molecule has 0 spiro atoms. The lowest BCUT2D eigenvalue weighted by Gasteiger charge is -2.38. The van der Waals surface area contributed by atoms with Crippen molar-refractivity contribution in [1.82, 2.24) is 14.5 Å². The van der Waals surface area contributed by atoms with Gasteiger partial charge in [0.1, 0.15) is 11.3 Å². The number of aromatic nitrogens is 3. The topological polar surface area (TPSA) is 69.2 Å². The zero-order chi connectivity index (χ0) is 26.4. The van der Waals surface area contributed by atoms with Gasteiger partial charge in [0.05, 0.1) is 23.9 Å². The third kappa shape index (κ3) is 4.75. The first-order valence-corrected chi connectivity index (χ1v) is 13.9. The number of nitrogens with two attached hydrogens (primary N) is 1. The van der Waals surface area contributed by atoms with Crippen molar-refractivity contribution in [2.24, 2.45) is 5.73 Å². The van der Waals surface area contributed by atoms with Crippen molar-refractivity contribution in [3.8, 4) is 28.3 Å². The molecule has 3 aromatic carbocycles. The van der Waals surface area contributed by atoms with Crippen molar-refractivity contribution >= 4 is 40.9 Å². The van der Waals surface area contributed by atoms with E-state index in [2.05, 4.69) is 58.0 Å². The molecule has 2 aliphatic rings. The second kappa shape index (κ2) is 10.9. The van der Waals surface area contributed by atoms with Gasteiger partial charge in [-0.25, -0.2) is 9.97 Å². The zero-order valence-electron chi connectivity index (χ0n) is 22.1. The number of anilines is 1. The second-order valence-electron chi connectivity index (χ2n) is 10.5. The lowest BCUT2D eigenvalue weighted by molar-refractivity contribution is 0.122. The van der Waals surface area contributed by atoms with E-state index in [-0.39, 0.29) is 17.9 Å². The Hall–Kier alpha value is -3.42. The highest BCUT2D eigenvalue weighted by molar-refractivity contribution is 6.33. The Labute approximate surface area is 245 Å². The van der Waals surface area contributed by atoms with Crippen LogP contribution in [0.4, 0.5) is 5.69 Å². The van der Waals surface area contributed by atoms with E-state index >= 15 is 0 Å². The smallest absolute Gasteiger partial charge is 0.165 e. The first-order valence-electron chi connectivity index (χ1n) is 13.6. The van der Waals surface area contributed by atoms with E-state index in [9.17, 15) is 0 Å².